The maximum absolute atomic E-state index is 12.6. The molecule has 0 unspecified atom stereocenters. The zero-order chi connectivity index (χ0) is 17.0. The van der Waals surface area contributed by atoms with Gasteiger partial charge in [0.25, 0.3) is 5.91 Å². The first kappa shape index (κ1) is 17.7. The van der Waals surface area contributed by atoms with Crippen LogP contribution in [0.1, 0.15) is 16.1 Å². The van der Waals surface area contributed by atoms with Gasteiger partial charge in [0.1, 0.15) is 17.4 Å². The van der Waals surface area contributed by atoms with Gasteiger partial charge in [-0.15, -0.1) is 0 Å². The van der Waals surface area contributed by atoms with E-state index in [4.69, 9.17) is 28.9 Å². The number of benzene rings is 1. The van der Waals surface area contributed by atoms with Crippen LogP contribution in [0.5, 0.6) is 0 Å². The summed E-state index contributed by atoms with van der Waals surface area (Å²) in [4.78, 5) is 29.1. The lowest BCUT2D eigenvalue weighted by molar-refractivity contribution is -0.118. The number of aromatic nitrogens is 1. The molecule has 2 rings (SSSR count). The number of pyridine rings is 1. The minimum atomic E-state index is -0.631. The normalized spacial score (nSPS) is 10.4. The van der Waals surface area contributed by atoms with Crippen molar-refractivity contribution < 1.29 is 9.59 Å². The third-order valence-corrected chi connectivity index (χ3v) is 3.98. The molecule has 2 N–H and O–H groups in total. The van der Waals surface area contributed by atoms with Crippen molar-refractivity contribution in [1.82, 2.24) is 9.88 Å². The molecule has 0 saturated heterocycles. The van der Waals surface area contributed by atoms with Crippen LogP contribution in [0.2, 0.25) is 10.2 Å². The molecule has 120 valence electrons. The van der Waals surface area contributed by atoms with Gasteiger partial charge in [-0.3, -0.25) is 9.59 Å². The highest BCUT2D eigenvalue weighted by Crippen LogP contribution is 2.20. The number of hydrogen-bond acceptors (Lipinski definition) is 3. The number of amides is 2. The fourth-order valence-corrected chi connectivity index (χ4v) is 2.51. The minimum Gasteiger partial charge on any atom is -0.368 e. The number of nitrogens with zero attached hydrogens (tertiary/aromatic N) is 2. The Balaban J connectivity index is 2.30. The summed E-state index contributed by atoms with van der Waals surface area (Å²) in [6, 6.07) is 10.3. The van der Waals surface area contributed by atoms with E-state index in [1.807, 2.05) is 24.3 Å². The molecular weight excluding hydrogens is 405 g/mol. The lowest BCUT2D eigenvalue weighted by atomic mass is 10.2. The van der Waals surface area contributed by atoms with Gasteiger partial charge < -0.3 is 10.6 Å². The Hall–Kier alpha value is -1.63. The molecule has 0 fully saturated rings. The molecule has 0 aliphatic rings. The number of nitrogens with two attached hydrogens (primary N) is 1. The SMILES string of the molecule is NC(=O)CN(Cc1ccc(Br)cc1)C(=O)c1nc(Cl)ccc1Cl. The van der Waals surface area contributed by atoms with E-state index in [0.717, 1.165) is 10.0 Å². The van der Waals surface area contributed by atoms with Crippen LogP contribution in [0.4, 0.5) is 0 Å². The van der Waals surface area contributed by atoms with E-state index >= 15 is 0 Å². The summed E-state index contributed by atoms with van der Waals surface area (Å²) >= 11 is 15.2. The average molecular weight is 417 g/mol. The first-order valence-electron chi connectivity index (χ1n) is 6.51. The van der Waals surface area contributed by atoms with Crippen molar-refractivity contribution >= 4 is 50.9 Å². The highest BCUT2D eigenvalue weighted by molar-refractivity contribution is 9.10. The summed E-state index contributed by atoms with van der Waals surface area (Å²) < 4.78 is 0.911. The average Bonchev–Trinajstić information content (AvgIpc) is 2.50. The first-order chi connectivity index (χ1) is 10.9. The zero-order valence-corrected chi connectivity index (χ0v) is 14.9. The van der Waals surface area contributed by atoms with Gasteiger partial charge in [0.15, 0.2) is 0 Å². The Bertz CT molecular complexity index is 738. The standard InChI is InChI=1S/C15H12BrCl2N3O2/c16-10-3-1-9(2-4-10)7-21(8-13(19)22)15(23)14-11(17)5-6-12(18)20-14/h1-6H,7-8H2,(H2,19,22). The second-order valence-electron chi connectivity index (χ2n) is 4.72. The van der Waals surface area contributed by atoms with Crippen LogP contribution >= 0.6 is 39.1 Å². The van der Waals surface area contributed by atoms with Crippen molar-refractivity contribution in [3.63, 3.8) is 0 Å². The molecule has 1 aromatic heterocycles. The van der Waals surface area contributed by atoms with Crippen LogP contribution in [0.15, 0.2) is 40.9 Å². The van der Waals surface area contributed by atoms with Crippen molar-refractivity contribution in [3.8, 4) is 0 Å². The molecule has 2 aromatic rings. The molecule has 0 saturated carbocycles. The van der Waals surface area contributed by atoms with Crippen LogP contribution in [-0.2, 0) is 11.3 Å². The predicted molar refractivity (Wildman–Crippen MR) is 92.3 cm³/mol. The van der Waals surface area contributed by atoms with Crippen molar-refractivity contribution in [2.45, 2.75) is 6.54 Å². The molecular formula is C15H12BrCl2N3O2. The van der Waals surface area contributed by atoms with Crippen molar-refractivity contribution in [1.29, 1.82) is 0 Å². The van der Waals surface area contributed by atoms with Crippen molar-refractivity contribution in [3.05, 3.63) is 62.3 Å². The first-order valence-corrected chi connectivity index (χ1v) is 8.06. The molecule has 1 aromatic carbocycles. The highest BCUT2D eigenvalue weighted by atomic mass is 79.9. The van der Waals surface area contributed by atoms with E-state index in [9.17, 15) is 9.59 Å². The van der Waals surface area contributed by atoms with Gasteiger partial charge in [0.2, 0.25) is 5.91 Å². The predicted octanol–water partition coefficient (Wildman–Crippen LogP) is 3.28. The summed E-state index contributed by atoms with van der Waals surface area (Å²) in [6.07, 6.45) is 0. The molecule has 0 bridgehead atoms. The van der Waals surface area contributed by atoms with Crippen molar-refractivity contribution in [2.75, 3.05) is 6.54 Å². The topological polar surface area (TPSA) is 76.3 Å². The lowest BCUT2D eigenvalue weighted by Crippen LogP contribution is -2.38. The molecule has 0 radical (unpaired) electrons. The Kier molecular flexibility index (Phi) is 5.98. The zero-order valence-electron chi connectivity index (χ0n) is 11.8. The third kappa shape index (κ3) is 4.92. The molecule has 5 nitrogen and oxygen atoms in total. The molecule has 0 aliphatic carbocycles. The summed E-state index contributed by atoms with van der Waals surface area (Å²) in [7, 11) is 0. The number of primary amides is 1. The molecule has 1 heterocycles. The highest BCUT2D eigenvalue weighted by Gasteiger charge is 2.22. The van der Waals surface area contributed by atoms with E-state index < -0.39 is 11.8 Å². The van der Waals surface area contributed by atoms with Gasteiger partial charge >= 0.3 is 0 Å². The molecule has 8 heteroatoms. The molecule has 0 spiro atoms. The van der Waals surface area contributed by atoms with Crippen molar-refractivity contribution in [2.24, 2.45) is 5.73 Å². The van der Waals surface area contributed by atoms with E-state index in [1.54, 1.807) is 0 Å². The van der Waals surface area contributed by atoms with Gasteiger partial charge in [-0.2, -0.15) is 0 Å². The van der Waals surface area contributed by atoms with Crippen LogP contribution in [0.3, 0.4) is 0 Å². The van der Waals surface area contributed by atoms with Gasteiger partial charge in [-0.1, -0.05) is 51.3 Å². The smallest absolute Gasteiger partial charge is 0.274 e. The monoisotopic (exact) mass is 415 g/mol. The number of carbonyl (C=O) groups is 2. The van der Waals surface area contributed by atoms with Gasteiger partial charge in [0.05, 0.1) is 5.02 Å². The summed E-state index contributed by atoms with van der Waals surface area (Å²) in [6.45, 7) is -0.0566. The van der Waals surface area contributed by atoms with Crippen LogP contribution in [0.25, 0.3) is 0 Å². The molecule has 0 aliphatic heterocycles. The molecule has 0 atom stereocenters. The lowest BCUT2D eigenvalue weighted by Gasteiger charge is -2.21. The largest absolute Gasteiger partial charge is 0.368 e. The number of hydrogen-bond donors (Lipinski definition) is 1. The maximum atomic E-state index is 12.6. The van der Waals surface area contributed by atoms with Crippen LogP contribution in [0, 0.1) is 0 Å². The molecule has 23 heavy (non-hydrogen) atoms. The van der Waals surface area contributed by atoms with E-state index in [0.29, 0.717) is 0 Å². The summed E-state index contributed by atoms with van der Waals surface area (Å²) in [5.41, 5.74) is 6.05. The summed E-state index contributed by atoms with van der Waals surface area (Å²) in [5.74, 6) is -1.15. The second-order valence-corrected chi connectivity index (χ2v) is 6.43. The Morgan fingerprint density at radius 2 is 1.78 bits per heavy atom. The third-order valence-electron chi connectivity index (χ3n) is 2.94. The Morgan fingerprint density at radius 1 is 1.13 bits per heavy atom. The fourth-order valence-electron chi connectivity index (χ4n) is 1.92. The van der Waals surface area contributed by atoms with Gasteiger partial charge in [-0.05, 0) is 29.8 Å². The Labute approximate surface area is 151 Å². The van der Waals surface area contributed by atoms with Gasteiger partial charge in [0, 0.05) is 11.0 Å². The Morgan fingerprint density at radius 3 is 2.39 bits per heavy atom. The molecule has 2 amide bonds. The summed E-state index contributed by atoms with van der Waals surface area (Å²) in [5, 5.41) is 0.296. The maximum Gasteiger partial charge on any atom is 0.274 e. The number of rotatable bonds is 5. The quantitative estimate of drug-likeness (QED) is 0.759. The second kappa shape index (κ2) is 7.77. The fraction of sp³-hybridized carbons (Fsp3) is 0.133. The number of carbonyl (C=O) groups excluding carboxylic acids is 2. The van der Waals surface area contributed by atoms with E-state index in [2.05, 4.69) is 20.9 Å². The minimum absolute atomic E-state index is 0.0162. The van der Waals surface area contributed by atoms with Gasteiger partial charge in [-0.25, -0.2) is 4.98 Å². The van der Waals surface area contributed by atoms with E-state index in [1.165, 1.54) is 17.0 Å². The van der Waals surface area contributed by atoms with E-state index in [-0.39, 0.29) is 29.0 Å². The number of halogens is 3. The van der Waals surface area contributed by atoms with Crippen LogP contribution < -0.4 is 5.73 Å². The van der Waals surface area contributed by atoms with Crippen LogP contribution in [-0.4, -0.2) is 28.2 Å².